The van der Waals surface area contributed by atoms with Crippen molar-refractivity contribution < 1.29 is 4.79 Å². The van der Waals surface area contributed by atoms with Gasteiger partial charge in [0.25, 0.3) is 0 Å². The van der Waals surface area contributed by atoms with Gasteiger partial charge in [-0.15, -0.1) is 24.8 Å². The van der Waals surface area contributed by atoms with Gasteiger partial charge in [-0.3, -0.25) is 9.69 Å². The summed E-state index contributed by atoms with van der Waals surface area (Å²) >= 11 is 3.46. The number of hydrogen-bond acceptors (Lipinski definition) is 3. The maximum atomic E-state index is 11.9. The molecule has 1 aliphatic carbocycles. The maximum Gasteiger partial charge on any atom is 0.240 e. The summed E-state index contributed by atoms with van der Waals surface area (Å²) in [4.78, 5) is 14.4. The van der Waals surface area contributed by atoms with Crippen LogP contribution in [0.5, 0.6) is 0 Å². The zero-order chi connectivity index (χ0) is 14.9. The van der Waals surface area contributed by atoms with Crippen LogP contribution in [0.2, 0.25) is 0 Å². The molecule has 1 aromatic rings. The van der Waals surface area contributed by atoms with Crippen LogP contribution in [0.15, 0.2) is 28.7 Å². The number of hydrogen-bond donors (Lipinski definition) is 2. The van der Waals surface area contributed by atoms with Gasteiger partial charge in [0.2, 0.25) is 5.91 Å². The average Bonchev–Trinajstić information content (AvgIpc) is 3.23. The third kappa shape index (κ3) is 5.61. The first-order valence-corrected chi connectivity index (χ1v) is 8.41. The Kier molecular flexibility index (Phi) is 7.81. The monoisotopic (exact) mass is 423 g/mol. The molecule has 3 N–H and O–H groups in total. The van der Waals surface area contributed by atoms with Crippen LogP contribution in [0.1, 0.15) is 31.2 Å². The minimum Gasteiger partial charge on any atom is -0.352 e. The Hall–Kier alpha value is -0.330. The van der Waals surface area contributed by atoms with Gasteiger partial charge < -0.3 is 11.1 Å². The Balaban J connectivity index is 0.00000132. The van der Waals surface area contributed by atoms with Gasteiger partial charge in [0.05, 0.1) is 5.54 Å². The highest BCUT2D eigenvalue weighted by Crippen LogP contribution is 2.32. The molecule has 1 heterocycles. The molecule has 2 fully saturated rings. The Bertz CT molecular complexity index is 515. The average molecular weight is 425 g/mol. The minimum absolute atomic E-state index is 0. The third-order valence-corrected chi connectivity index (χ3v) is 5.01. The minimum atomic E-state index is -0.547. The molecule has 2 aliphatic rings. The number of amides is 1. The molecule has 0 unspecified atom stereocenters. The van der Waals surface area contributed by atoms with E-state index in [1.54, 1.807) is 0 Å². The van der Waals surface area contributed by atoms with Crippen molar-refractivity contribution in [3.63, 3.8) is 0 Å². The van der Waals surface area contributed by atoms with E-state index >= 15 is 0 Å². The van der Waals surface area contributed by atoms with Gasteiger partial charge >= 0.3 is 0 Å². The number of nitrogens with zero attached hydrogens (tertiary/aromatic N) is 1. The van der Waals surface area contributed by atoms with Crippen LogP contribution in [-0.4, -0.2) is 35.5 Å². The molecule has 0 radical (unpaired) electrons. The summed E-state index contributed by atoms with van der Waals surface area (Å²) in [6.07, 6.45) is 3.69. The predicted octanol–water partition coefficient (Wildman–Crippen LogP) is 2.86. The number of benzene rings is 1. The summed E-state index contributed by atoms with van der Waals surface area (Å²) < 4.78 is 1.11. The van der Waals surface area contributed by atoms with E-state index in [-0.39, 0.29) is 30.7 Å². The van der Waals surface area contributed by atoms with Gasteiger partial charge in [0.1, 0.15) is 0 Å². The van der Waals surface area contributed by atoms with E-state index in [1.165, 1.54) is 5.56 Å². The van der Waals surface area contributed by atoms with Crippen molar-refractivity contribution in [2.45, 2.75) is 43.8 Å². The molecule has 1 saturated carbocycles. The van der Waals surface area contributed by atoms with Crippen molar-refractivity contribution in [1.82, 2.24) is 10.2 Å². The van der Waals surface area contributed by atoms with E-state index in [0.29, 0.717) is 6.04 Å². The Morgan fingerprint density at radius 3 is 2.30 bits per heavy atom. The van der Waals surface area contributed by atoms with Crippen LogP contribution < -0.4 is 11.1 Å². The van der Waals surface area contributed by atoms with E-state index in [2.05, 4.69) is 50.4 Å². The van der Waals surface area contributed by atoms with Crippen LogP contribution in [0, 0.1) is 0 Å². The number of nitrogens with one attached hydrogen (secondary N) is 1. The topological polar surface area (TPSA) is 58.4 Å². The Labute approximate surface area is 158 Å². The van der Waals surface area contributed by atoms with Crippen molar-refractivity contribution in [2.24, 2.45) is 5.73 Å². The number of likely N-dealkylation sites (tertiary alicyclic amines) is 1. The molecule has 1 saturated heterocycles. The standard InChI is InChI=1S/C16H22BrN3O.2ClH/c17-13-3-1-12(2-4-13)11-20-9-5-14(6-10-20)19-15(21)16(18)7-8-16;;/h1-4,14H,5-11,18H2,(H,19,21);2*1H. The van der Waals surface area contributed by atoms with Crippen molar-refractivity contribution in [2.75, 3.05) is 13.1 Å². The largest absolute Gasteiger partial charge is 0.352 e. The molecule has 1 aromatic carbocycles. The molecule has 23 heavy (non-hydrogen) atoms. The van der Waals surface area contributed by atoms with E-state index in [4.69, 9.17) is 5.73 Å². The van der Waals surface area contributed by atoms with Crippen LogP contribution >= 0.6 is 40.7 Å². The lowest BCUT2D eigenvalue weighted by Gasteiger charge is -2.32. The Morgan fingerprint density at radius 2 is 1.78 bits per heavy atom. The summed E-state index contributed by atoms with van der Waals surface area (Å²) in [6.45, 7) is 3.03. The molecule has 0 spiro atoms. The zero-order valence-electron chi connectivity index (χ0n) is 13.0. The van der Waals surface area contributed by atoms with Crippen LogP contribution in [0.4, 0.5) is 0 Å². The summed E-state index contributed by atoms with van der Waals surface area (Å²) in [5, 5.41) is 3.12. The number of carbonyl (C=O) groups is 1. The number of piperidine rings is 1. The van der Waals surface area contributed by atoms with E-state index in [0.717, 1.165) is 49.8 Å². The Morgan fingerprint density at radius 1 is 1.22 bits per heavy atom. The van der Waals surface area contributed by atoms with Gasteiger partial charge in [0.15, 0.2) is 0 Å². The summed E-state index contributed by atoms with van der Waals surface area (Å²) in [5.41, 5.74) is 6.71. The molecule has 3 rings (SSSR count). The second-order valence-electron chi connectivity index (χ2n) is 6.31. The summed E-state index contributed by atoms with van der Waals surface area (Å²) in [7, 11) is 0. The van der Waals surface area contributed by atoms with Crippen LogP contribution in [-0.2, 0) is 11.3 Å². The number of nitrogens with two attached hydrogens (primary N) is 1. The van der Waals surface area contributed by atoms with Gasteiger partial charge in [-0.2, -0.15) is 0 Å². The lowest BCUT2D eigenvalue weighted by molar-refractivity contribution is -0.124. The number of halogens is 3. The second-order valence-corrected chi connectivity index (χ2v) is 7.22. The van der Waals surface area contributed by atoms with Gasteiger partial charge in [-0.1, -0.05) is 28.1 Å². The smallest absolute Gasteiger partial charge is 0.240 e. The summed E-state index contributed by atoms with van der Waals surface area (Å²) in [6, 6.07) is 8.77. The first-order valence-electron chi connectivity index (χ1n) is 7.62. The lowest BCUT2D eigenvalue weighted by Crippen LogP contribution is -2.50. The lowest BCUT2D eigenvalue weighted by atomic mass is 10.0. The molecule has 1 aliphatic heterocycles. The zero-order valence-corrected chi connectivity index (χ0v) is 16.2. The molecule has 0 atom stereocenters. The number of carbonyl (C=O) groups excluding carboxylic acids is 1. The highest BCUT2D eigenvalue weighted by molar-refractivity contribution is 9.10. The van der Waals surface area contributed by atoms with Gasteiger partial charge in [-0.25, -0.2) is 0 Å². The quantitative estimate of drug-likeness (QED) is 0.781. The molecule has 1 amide bonds. The van der Waals surface area contributed by atoms with Crippen molar-refractivity contribution in [3.05, 3.63) is 34.3 Å². The molecule has 0 aromatic heterocycles. The highest BCUT2D eigenvalue weighted by atomic mass is 79.9. The first-order chi connectivity index (χ1) is 10.0. The van der Waals surface area contributed by atoms with Crippen molar-refractivity contribution >= 4 is 46.7 Å². The molecular weight excluding hydrogens is 401 g/mol. The number of rotatable bonds is 4. The fourth-order valence-electron chi connectivity index (χ4n) is 2.77. The van der Waals surface area contributed by atoms with E-state index in [9.17, 15) is 4.79 Å². The van der Waals surface area contributed by atoms with Crippen molar-refractivity contribution in [3.8, 4) is 0 Å². The van der Waals surface area contributed by atoms with Crippen LogP contribution in [0.25, 0.3) is 0 Å². The highest BCUT2D eigenvalue weighted by Gasteiger charge is 2.46. The van der Waals surface area contributed by atoms with Crippen molar-refractivity contribution in [1.29, 1.82) is 0 Å². The fourth-order valence-corrected chi connectivity index (χ4v) is 3.04. The van der Waals surface area contributed by atoms with Gasteiger partial charge in [-0.05, 0) is 43.4 Å². The molecular formula is C16H24BrCl2N3O. The second kappa shape index (κ2) is 8.67. The molecule has 130 valence electrons. The van der Waals surface area contributed by atoms with Crippen LogP contribution in [0.3, 0.4) is 0 Å². The normalized spacial score (nSPS) is 20.1. The molecule has 4 nitrogen and oxygen atoms in total. The molecule has 7 heteroatoms. The maximum absolute atomic E-state index is 11.9. The van der Waals surface area contributed by atoms with E-state index in [1.807, 2.05) is 0 Å². The van der Waals surface area contributed by atoms with E-state index < -0.39 is 5.54 Å². The molecule has 0 bridgehead atoms. The predicted molar refractivity (Wildman–Crippen MR) is 101 cm³/mol. The fraction of sp³-hybridized carbons (Fsp3) is 0.562. The SMILES string of the molecule is Cl.Cl.NC1(C(=O)NC2CCN(Cc3ccc(Br)cc3)CC2)CC1. The van der Waals surface area contributed by atoms with Gasteiger partial charge in [0, 0.05) is 30.1 Å². The first kappa shape index (κ1) is 20.7. The third-order valence-electron chi connectivity index (χ3n) is 4.48. The summed E-state index contributed by atoms with van der Waals surface area (Å²) in [5.74, 6) is 0.0499.